The van der Waals surface area contributed by atoms with Crippen LogP contribution in [-0.2, 0) is 10.8 Å². The number of anilines is 2. The third-order valence-electron chi connectivity index (χ3n) is 2.48. The van der Waals surface area contributed by atoms with Crippen LogP contribution < -0.4 is 11.1 Å². The number of nitrogen functional groups attached to an aromatic ring is 1. The zero-order chi connectivity index (χ0) is 14.6. The van der Waals surface area contributed by atoms with Crippen LogP contribution in [0.5, 0.6) is 0 Å². The molecule has 1 aromatic heterocycles. The van der Waals surface area contributed by atoms with Crippen LogP contribution in [0.25, 0.3) is 0 Å². The summed E-state index contributed by atoms with van der Waals surface area (Å²) in [6.07, 6.45) is 2.23. The summed E-state index contributed by atoms with van der Waals surface area (Å²) in [6, 6.07) is -0.101. The fraction of sp³-hybridized carbons (Fsp3) is 0.600. The van der Waals surface area contributed by atoms with E-state index in [0.29, 0.717) is 12.2 Å². The highest BCUT2D eigenvalue weighted by molar-refractivity contribution is 7.84. The molecular weight excluding hydrogens is 270 g/mol. The summed E-state index contributed by atoms with van der Waals surface area (Å²) < 4.78 is 11.0. The first-order valence-electron chi connectivity index (χ1n) is 5.66. The van der Waals surface area contributed by atoms with Gasteiger partial charge in [0.15, 0.2) is 0 Å². The molecule has 0 aromatic carbocycles. The highest BCUT2D eigenvalue weighted by Gasteiger charge is 2.22. The number of nitrogens with one attached hydrogen (secondary N) is 1. The van der Waals surface area contributed by atoms with Gasteiger partial charge in [-0.15, -0.1) is 0 Å². The van der Waals surface area contributed by atoms with Crippen LogP contribution in [-0.4, -0.2) is 37.2 Å². The van der Waals surface area contributed by atoms with Crippen molar-refractivity contribution >= 4 is 28.3 Å². The van der Waals surface area contributed by atoms with Gasteiger partial charge in [-0.25, -0.2) is 4.98 Å². The van der Waals surface area contributed by atoms with E-state index in [9.17, 15) is 14.3 Å². The van der Waals surface area contributed by atoms with Crippen LogP contribution in [0.2, 0.25) is 0 Å². The van der Waals surface area contributed by atoms with Crippen LogP contribution in [0.4, 0.5) is 17.5 Å². The standard InChI is InChI=1S/C10H17N5O3S/c1-6(4-5-19(3)18)12-9-8(15(16)17)7(2)13-10(11)14-9/h6H,4-5H2,1-3H3,(H3,11,12,13,14). The predicted molar refractivity (Wildman–Crippen MR) is 74.5 cm³/mol. The summed E-state index contributed by atoms with van der Waals surface area (Å²) in [4.78, 5) is 18.1. The summed E-state index contributed by atoms with van der Waals surface area (Å²) >= 11 is 0. The van der Waals surface area contributed by atoms with E-state index < -0.39 is 15.7 Å². The molecule has 0 bridgehead atoms. The molecule has 3 N–H and O–H groups in total. The monoisotopic (exact) mass is 287 g/mol. The maximum Gasteiger partial charge on any atom is 0.332 e. The summed E-state index contributed by atoms with van der Waals surface area (Å²) in [7, 11) is -0.898. The van der Waals surface area contributed by atoms with Gasteiger partial charge in [0, 0.05) is 28.9 Å². The molecule has 2 atom stereocenters. The minimum Gasteiger partial charge on any atom is -0.368 e. The van der Waals surface area contributed by atoms with E-state index in [2.05, 4.69) is 15.3 Å². The molecular formula is C10H17N5O3S. The van der Waals surface area contributed by atoms with Gasteiger partial charge < -0.3 is 11.1 Å². The Hall–Kier alpha value is -1.77. The Morgan fingerprint density at radius 2 is 2.16 bits per heavy atom. The number of hydrogen-bond acceptors (Lipinski definition) is 7. The van der Waals surface area contributed by atoms with Crippen molar-refractivity contribution in [1.82, 2.24) is 9.97 Å². The van der Waals surface area contributed by atoms with Gasteiger partial charge in [-0.1, -0.05) is 0 Å². The second-order valence-electron chi connectivity index (χ2n) is 4.23. The SMILES string of the molecule is Cc1nc(N)nc(NC(C)CCS(C)=O)c1[N+](=O)[O-]. The Bertz CT molecular complexity index is 508. The maximum atomic E-state index is 11.0. The van der Waals surface area contributed by atoms with E-state index in [4.69, 9.17) is 5.73 Å². The van der Waals surface area contributed by atoms with Crippen molar-refractivity contribution in [3.05, 3.63) is 15.8 Å². The van der Waals surface area contributed by atoms with Gasteiger partial charge in [0.1, 0.15) is 5.69 Å². The van der Waals surface area contributed by atoms with Crippen molar-refractivity contribution in [1.29, 1.82) is 0 Å². The molecule has 0 amide bonds. The number of hydrogen-bond donors (Lipinski definition) is 2. The summed E-state index contributed by atoms with van der Waals surface area (Å²) in [5.41, 5.74) is 5.53. The molecule has 0 saturated carbocycles. The first-order valence-corrected chi connectivity index (χ1v) is 7.39. The fourth-order valence-corrected chi connectivity index (χ4v) is 2.24. The molecule has 1 rings (SSSR count). The summed E-state index contributed by atoms with van der Waals surface area (Å²) in [5, 5.41) is 13.9. The van der Waals surface area contributed by atoms with Gasteiger partial charge in [-0.05, 0) is 20.3 Å². The molecule has 0 spiro atoms. The molecule has 2 unspecified atom stereocenters. The average Bonchev–Trinajstić information content (AvgIpc) is 2.24. The smallest absolute Gasteiger partial charge is 0.332 e. The quantitative estimate of drug-likeness (QED) is 0.586. The number of nitrogens with zero attached hydrogens (tertiary/aromatic N) is 3. The molecule has 0 aliphatic carbocycles. The molecule has 9 heteroatoms. The van der Waals surface area contributed by atoms with E-state index in [1.54, 1.807) is 6.26 Å². The Labute approximate surface area is 113 Å². The van der Waals surface area contributed by atoms with Gasteiger partial charge in [0.25, 0.3) is 0 Å². The fourth-order valence-electron chi connectivity index (χ4n) is 1.56. The third-order valence-corrected chi connectivity index (χ3v) is 3.29. The summed E-state index contributed by atoms with van der Waals surface area (Å²) in [6.45, 7) is 3.34. The van der Waals surface area contributed by atoms with Crippen molar-refractivity contribution in [2.45, 2.75) is 26.3 Å². The van der Waals surface area contributed by atoms with Gasteiger partial charge >= 0.3 is 5.69 Å². The molecule has 106 valence electrons. The summed E-state index contributed by atoms with van der Waals surface area (Å²) in [5.74, 6) is 0.600. The lowest BCUT2D eigenvalue weighted by Gasteiger charge is -2.14. The minimum atomic E-state index is -0.898. The van der Waals surface area contributed by atoms with E-state index in [-0.39, 0.29) is 29.2 Å². The lowest BCUT2D eigenvalue weighted by Crippen LogP contribution is -2.20. The molecule has 1 aromatic rings. The van der Waals surface area contributed by atoms with Crippen LogP contribution in [0.1, 0.15) is 19.0 Å². The van der Waals surface area contributed by atoms with E-state index in [1.807, 2.05) is 6.92 Å². The van der Waals surface area contributed by atoms with Crippen molar-refractivity contribution in [2.75, 3.05) is 23.1 Å². The Kier molecular flexibility index (Phi) is 5.16. The number of rotatable bonds is 6. The van der Waals surface area contributed by atoms with Gasteiger partial charge in [0.05, 0.1) is 4.92 Å². The normalized spacial score (nSPS) is 13.8. The molecule has 0 fully saturated rings. The van der Waals surface area contributed by atoms with Gasteiger partial charge in [-0.3, -0.25) is 14.3 Å². The van der Waals surface area contributed by atoms with Crippen LogP contribution >= 0.6 is 0 Å². The van der Waals surface area contributed by atoms with E-state index >= 15 is 0 Å². The molecule has 0 radical (unpaired) electrons. The molecule has 0 saturated heterocycles. The first kappa shape index (κ1) is 15.3. The predicted octanol–water partition coefficient (Wildman–Crippen LogP) is 0.844. The van der Waals surface area contributed by atoms with Crippen molar-refractivity contribution in [3.8, 4) is 0 Å². The van der Waals surface area contributed by atoms with Gasteiger partial charge in [-0.2, -0.15) is 4.98 Å². The molecule has 8 nitrogen and oxygen atoms in total. The van der Waals surface area contributed by atoms with Crippen molar-refractivity contribution in [3.63, 3.8) is 0 Å². The topological polar surface area (TPSA) is 124 Å². The average molecular weight is 287 g/mol. The largest absolute Gasteiger partial charge is 0.368 e. The molecule has 19 heavy (non-hydrogen) atoms. The van der Waals surface area contributed by atoms with E-state index in [1.165, 1.54) is 6.92 Å². The highest BCUT2D eigenvalue weighted by Crippen LogP contribution is 2.26. The number of aromatic nitrogens is 2. The maximum absolute atomic E-state index is 11.0. The van der Waals surface area contributed by atoms with Crippen LogP contribution in [0.15, 0.2) is 0 Å². The zero-order valence-corrected chi connectivity index (χ0v) is 11.9. The Balaban J connectivity index is 2.93. The molecule has 0 aliphatic rings. The van der Waals surface area contributed by atoms with Crippen LogP contribution in [0, 0.1) is 17.0 Å². The second-order valence-corrected chi connectivity index (χ2v) is 5.79. The van der Waals surface area contributed by atoms with Crippen molar-refractivity contribution in [2.24, 2.45) is 0 Å². The number of nitrogens with two attached hydrogens (primary N) is 1. The lowest BCUT2D eigenvalue weighted by molar-refractivity contribution is -0.385. The number of aryl methyl sites for hydroxylation is 1. The zero-order valence-electron chi connectivity index (χ0n) is 11.0. The second kappa shape index (κ2) is 6.41. The highest BCUT2D eigenvalue weighted by atomic mass is 32.2. The van der Waals surface area contributed by atoms with Crippen LogP contribution in [0.3, 0.4) is 0 Å². The molecule has 0 aliphatic heterocycles. The minimum absolute atomic E-state index is 0.0168. The van der Waals surface area contributed by atoms with Gasteiger partial charge in [0.2, 0.25) is 11.8 Å². The Morgan fingerprint density at radius 3 is 2.68 bits per heavy atom. The molecule has 1 heterocycles. The van der Waals surface area contributed by atoms with Crippen molar-refractivity contribution < 1.29 is 9.13 Å². The van der Waals surface area contributed by atoms with E-state index in [0.717, 1.165) is 0 Å². The Morgan fingerprint density at radius 1 is 1.53 bits per heavy atom. The first-order chi connectivity index (χ1) is 8.81. The lowest BCUT2D eigenvalue weighted by atomic mass is 10.2. The number of nitro groups is 1. The third kappa shape index (κ3) is 4.43.